The maximum atomic E-state index is 6.05. The smallest absolute Gasteiger partial charge is 0.232 e. The zero-order chi connectivity index (χ0) is 18.2. The third kappa shape index (κ3) is 3.17. The van der Waals surface area contributed by atoms with E-state index in [1.165, 1.54) is 15.0 Å². The van der Waals surface area contributed by atoms with Crippen LogP contribution in [0.3, 0.4) is 0 Å². The van der Waals surface area contributed by atoms with Gasteiger partial charge in [0.05, 0.1) is 11.6 Å². The summed E-state index contributed by atoms with van der Waals surface area (Å²) in [5.41, 5.74) is 1.05. The molecule has 5 rings (SSSR count). The van der Waals surface area contributed by atoms with Crippen LogP contribution in [0.25, 0.3) is 10.1 Å². The lowest BCUT2D eigenvalue weighted by Crippen LogP contribution is -2.23. The van der Waals surface area contributed by atoms with Gasteiger partial charge in [-0.05, 0) is 36.4 Å². The average molecular weight is 380 g/mol. The van der Waals surface area contributed by atoms with E-state index in [1.807, 2.05) is 17.8 Å². The van der Waals surface area contributed by atoms with Crippen LogP contribution < -0.4 is 0 Å². The Bertz CT molecular complexity index is 1030. The Labute approximate surface area is 160 Å². The Hall–Kier alpha value is -2.51. The number of fused-ring (bicyclic) bond motifs is 1. The predicted molar refractivity (Wildman–Crippen MR) is 103 cm³/mol. The van der Waals surface area contributed by atoms with Crippen LogP contribution in [0.15, 0.2) is 47.1 Å². The molecule has 0 N–H and O–H groups in total. The molecule has 0 unspecified atom stereocenters. The minimum atomic E-state index is -0.0936. The van der Waals surface area contributed by atoms with E-state index in [0.29, 0.717) is 12.3 Å². The topological polar surface area (TPSA) is 66.0 Å². The third-order valence-corrected chi connectivity index (χ3v) is 6.20. The number of hydrogen-bond acceptors (Lipinski definition) is 6. The molecule has 2 atom stereocenters. The van der Waals surface area contributed by atoms with Gasteiger partial charge < -0.3 is 9.26 Å². The monoisotopic (exact) mass is 380 g/mol. The lowest BCUT2D eigenvalue weighted by atomic mass is 9.92. The number of hydrogen-bond donors (Lipinski definition) is 0. The fraction of sp³-hybridized carbons (Fsp3) is 0.350. The molecule has 27 heavy (non-hydrogen) atoms. The SMILES string of the molecule is Cn1nccc1[C@@H]1OCCC[C@H]1c1nc(Cc2cc3ccccc3s2)no1. The van der Waals surface area contributed by atoms with E-state index in [4.69, 9.17) is 14.2 Å². The molecule has 3 aromatic heterocycles. The summed E-state index contributed by atoms with van der Waals surface area (Å²) in [5, 5.41) is 9.77. The highest BCUT2D eigenvalue weighted by Crippen LogP contribution is 2.40. The first-order valence-electron chi connectivity index (χ1n) is 9.17. The quantitative estimate of drug-likeness (QED) is 0.530. The van der Waals surface area contributed by atoms with Gasteiger partial charge in [0.15, 0.2) is 5.82 Å². The minimum Gasteiger partial charge on any atom is -0.371 e. The van der Waals surface area contributed by atoms with E-state index in [-0.39, 0.29) is 12.0 Å². The van der Waals surface area contributed by atoms with Gasteiger partial charge >= 0.3 is 0 Å². The molecule has 0 bridgehead atoms. The third-order valence-electron chi connectivity index (χ3n) is 5.08. The van der Waals surface area contributed by atoms with Crippen molar-refractivity contribution in [3.63, 3.8) is 0 Å². The van der Waals surface area contributed by atoms with Crippen LogP contribution in [0, 0.1) is 0 Å². The van der Waals surface area contributed by atoms with Crippen LogP contribution in [0.5, 0.6) is 0 Å². The molecule has 1 saturated heterocycles. The standard InChI is InChI=1S/C20H20N4O2S/c1-24-16(8-9-21-24)19-15(6-4-10-25-19)20-22-18(23-26-20)12-14-11-13-5-2-3-7-17(13)27-14/h2-3,5,7-9,11,15,19H,4,6,10,12H2,1H3/t15-,19-/m1/s1. The number of rotatable bonds is 4. The fourth-order valence-corrected chi connectivity index (χ4v) is 4.82. The number of benzene rings is 1. The van der Waals surface area contributed by atoms with Crippen molar-refractivity contribution in [2.75, 3.05) is 6.61 Å². The first-order valence-corrected chi connectivity index (χ1v) is 9.99. The van der Waals surface area contributed by atoms with Crippen molar-refractivity contribution in [2.45, 2.75) is 31.3 Å². The number of aromatic nitrogens is 4. The molecule has 7 heteroatoms. The molecule has 138 valence electrons. The average Bonchev–Trinajstić information content (AvgIpc) is 3.41. The molecule has 0 saturated carbocycles. The van der Waals surface area contributed by atoms with Gasteiger partial charge in [-0.2, -0.15) is 10.1 Å². The van der Waals surface area contributed by atoms with Crippen LogP contribution in [-0.2, 0) is 18.2 Å². The number of ether oxygens (including phenoxy) is 1. The summed E-state index contributed by atoms with van der Waals surface area (Å²) in [6, 6.07) is 12.6. The molecule has 1 aliphatic rings. The lowest BCUT2D eigenvalue weighted by molar-refractivity contribution is -0.0148. The van der Waals surface area contributed by atoms with Gasteiger partial charge in [-0.1, -0.05) is 23.4 Å². The highest BCUT2D eigenvalue weighted by molar-refractivity contribution is 7.19. The van der Waals surface area contributed by atoms with Crippen LogP contribution >= 0.6 is 11.3 Å². The first kappa shape index (κ1) is 16.6. The van der Waals surface area contributed by atoms with E-state index in [0.717, 1.165) is 31.0 Å². The minimum absolute atomic E-state index is 0.0674. The largest absolute Gasteiger partial charge is 0.371 e. The van der Waals surface area contributed by atoms with Crippen molar-refractivity contribution < 1.29 is 9.26 Å². The zero-order valence-corrected chi connectivity index (χ0v) is 15.9. The summed E-state index contributed by atoms with van der Waals surface area (Å²) in [7, 11) is 1.94. The molecule has 4 aromatic rings. The van der Waals surface area contributed by atoms with Crippen LogP contribution in [0.1, 0.15) is 47.1 Å². The summed E-state index contributed by atoms with van der Waals surface area (Å²) < 4.78 is 14.8. The molecular formula is C20H20N4O2S. The summed E-state index contributed by atoms with van der Waals surface area (Å²) in [5.74, 6) is 1.46. The second kappa shape index (κ2) is 6.90. The van der Waals surface area contributed by atoms with Gasteiger partial charge in [0.1, 0.15) is 6.10 Å². The molecule has 0 amide bonds. The molecule has 0 aliphatic carbocycles. The molecular weight excluding hydrogens is 360 g/mol. The molecule has 6 nitrogen and oxygen atoms in total. The van der Waals surface area contributed by atoms with E-state index in [1.54, 1.807) is 17.5 Å². The highest BCUT2D eigenvalue weighted by atomic mass is 32.1. The van der Waals surface area contributed by atoms with E-state index in [9.17, 15) is 0 Å². The van der Waals surface area contributed by atoms with Crippen LogP contribution in [0.4, 0.5) is 0 Å². The van der Waals surface area contributed by atoms with Gasteiger partial charge in [-0.3, -0.25) is 4.68 Å². The first-order chi connectivity index (χ1) is 13.3. The highest BCUT2D eigenvalue weighted by Gasteiger charge is 2.34. The Kier molecular flexibility index (Phi) is 4.26. The molecule has 1 aliphatic heterocycles. The number of aryl methyl sites for hydroxylation is 1. The van der Waals surface area contributed by atoms with Crippen LogP contribution in [-0.4, -0.2) is 26.5 Å². The molecule has 0 radical (unpaired) electrons. The molecule has 4 heterocycles. The Morgan fingerprint density at radius 1 is 1.26 bits per heavy atom. The number of nitrogens with zero attached hydrogens (tertiary/aromatic N) is 4. The van der Waals surface area contributed by atoms with Crippen molar-refractivity contribution in [2.24, 2.45) is 7.05 Å². The van der Waals surface area contributed by atoms with Gasteiger partial charge in [-0.15, -0.1) is 11.3 Å². The van der Waals surface area contributed by atoms with Gasteiger partial charge in [0, 0.05) is 35.8 Å². The Morgan fingerprint density at radius 3 is 3.04 bits per heavy atom. The Morgan fingerprint density at radius 2 is 2.19 bits per heavy atom. The summed E-state index contributed by atoms with van der Waals surface area (Å²) >= 11 is 1.78. The van der Waals surface area contributed by atoms with E-state index >= 15 is 0 Å². The van der Waals surface area contributed by atoms with Crippen molar-refractivity contribution in [3.05, 3.63) is 64.9 Å². The molecule has 1 fully saturated rings. The summed E-state index contributed by atoms with van der Waals surface area (Å²) in [6.07, 6.45) is 4.36. The lowest BCUT2D eigenvalue weighted by Gasteiger charge is -2.29. The van der Waals surface area contributed by atoms with E-state index in [2.05, 4.69) is 40.6 Å². The van der Waals surface area contributed by atoms with Gasteiger partial charge in [0.25, 0.3) is 0 Å². The normalized spacial score (nSPS) is 20.3. The summed E-state index contributed by atoms with van der Waals surface area (Å²) in [4.78, 5) is 5.95. The zero-order valence-electron chi connectivity index (χ0n) is 15.0. The van der Waals surface area contributed by atoms with Gasteiger partial charge in [-0.25, -0.2) is 0 Å². The maximum absolute atomic E-state index is 6.05. The Balaban J connectivity index is 1.39. The van der Waals surface area contributed by atoms with Crippen molar-refractivity contribution in [1.29, 1.82) is 0 Å². The second-order valence-corrected chi connectivity index (χ2v) is 8.06. The molecule has 0 spiro atoms. The molecule has 1 aromatic carbocycles. The second-order valence-electron chi connectivity index (χ2n) is 6.90. The van der Waals surface area contributed by atoms with Crippen molar-refractivity contribution in [1.82, 2.24) is 19.9 Å². The summed E-state index contributed by atoms with van der Waals surface area (Å²) in [6.45, 7) is 0.745. The van der Waals surface area contributed by atoms with Crippen molar-refractivity contribution >= 4 is 21.4 Å². The maximum Gasteiger partial charge on any atom is 0.232 e. The number of thiophene rings is 1. The predicted octanol–water partition coefficient (Wildman–Crippen LogP) is 4.24. The van der Waals surface area contributed by atoms with Crippen LogP contribution in [0.2, 0.25) is 0 Å². The van der Waals surface area contributed by atoms with Gasteiger partial charge in [0.2, 0.25) is 5.89 Å². The van der Waals surface area contributed by atoms with Crippen molar-refractivity contribution in [3.8, 4) is 0 Å². The fourth-order valence-electron chi connectivity index (χ4n) is 3.76. The van der Waals surface area contributed by atoms with E-state index < -0.39 is 0 Å².